The van der Waals surface area contributed by atoms with E-state index in [1.165, 1.54) is 5.56 Å². The van der Waals surface area contributed by atoms with Crippen LogP contribution in [0.2, 0.25) is 0 Å². The van der Waals surface area contributed by atoms with Crippen LogP contribution >= 0.6 is 0 Å². The predicted molar refractivity (Wildman–Crippen MR) is 93.2 cm³/mol. The van der Waals surface area contributed by atoms with Crippen molar-refractivity contribution in [2.75, 3.05) is 17.3 Å². The summed E-state index contributed by atoms with van der Waals surface area (Å²) in [6, 6.07) is 10.6. The lowest BCUT2D eigenvalue weighted by atomic mass is 9.92. The molecule has 3 rings (SSSR count). The summed E-state index contributed by atoms with van der Waals surface area (Å²) in [5, 5.41) is 13.0. The first-order valence-corrected chi connectivity index (χ1v) is 8.18. The van der Waals surface area contributed by atoms with Crippen LogP contribution in [-0.2, 0) is 0 Å². The molecule has 0 amide bonds. The zero-order valence-corrected chi connectivity index (χ0v) is 13.7. The van der Waals surface area contributed by atoms with E-state index in [9.17, 15) is 5.11 Å². The van der Waals surface area contributed by atoms with Crippen LogP contribution in [0.5, 0.6) is 0 Å². The minimum absolute atomic E-state index is 0.136. The fourth-order valence-electron chi connectivity index (χ4n) is 3.11. The predicted octanol–water partition coefficient (Wildman–Crippen LogP) is 3.27. The SMILES string of the molecule is Cc1cccc(Nc2cc(N(C)C3CCC(O)CC3)ncn2)c1. The van der Waals surface area contributed by atoms with Gasteiger partial charge in [0.1, 0.15) is 18.0 Å². The summed E-state index contributed by atoms with van der Waals surface area (Å²) < 4.78 is 0. The van der Waals surface area contributed by atoms with Gasteiger partial charge in [-0.2, -0.15) is 0 Å². The Balaban J connectivity index is 1.71. The van der Waals surface area contributed by atoms with E-state index in [0.717, 1.165) is 43.0 Å². The highest BCUT2D eigenvalue weighted by Crippen LogP contribution is 2.26. The third-order valence-electron chi connectivity index (χ3n) is 4.52. The van der Waals surface area contributed by atoms with E-state index < -0.39 is 0 Å². The van der Waals surface area contributed by atoms with Crippen molar-refractivity contribution in [1.82, 2.24) is 9.97 Å². The number of aromatic nitrogens is 2. The van der Waals surface area contributed by atoms with Gasteiger partial charge >= 0.3 is 0 Å². The second kappa shape index (κ2) is 6.96. The number of aliphatic hydroxyl groups is 1. The Hall–Kier alpha value is -2.14. The number of benzene rings is 1. The second-order valence-electron chi connectivity index (χ2n) is 6.33. The number of hydrogen-bond donors (Lipinski definition) is 2. The normalized spacial score (nSPS) is 21.0. The number of hydrogen-bond acceptors (Lipinski definition) is 5. The van der Waals surface area contributed by atoms with Gasteiger partial charge in [0.2, 0.25) is 0 Å². The van der Waals surface area contributed by atoms with Gasteiger partial charge in [0, 0.05) is 24.8 Å². The summed E-state index contributed by atoms with van der Waals surface area (Å²) in [5.74, 6) is 1.71. The largest absolute Gasteiger partial charge is 0.393 e. The molecule has 0 saturated heterocycles. The zero-order chi connectivity index (χ0) is 16.2. The molecule has 2 N–H and O–H groups in total. The molecule has 5 nitrogen and oxygen atoms in total. The Morgan fingerprint density at radius 3 is 2.65 bits per heavy atom. The van der Waals surface area contributed by atoms with Crippen molar-refractivity contribution in [3.05, 3.63) is 42.2 Å². The van der Waals surface area contributed by atoms with Gasteiger partial charge in [-0.05, 0) is 50.3 Å². The highest BCUT2D eigenvalue weighted by Gasteiger charge is 2.23. The minimum Gasteiger partial charge on any atom is -0.393 e. The van der Waals surface area contributed by atoms with Crippen LogP contribution in [0, 0.1) is 6.92 Å². The molecule has 0 atom stereocenters. The molecule has 1 fully saturated rings. The summed E-state index contributed by atoms with van der Waals surface area (Å²) in [4.78, 5) is 10.9. The molecule has 1 heterocycles. The van der Waals surface area contributed by atoms with Crippen molar-refractivity contribution >= 4 is 17.3 Å². The Labute approximate surface area is 137 Å². The highest BCUT2D eigenvalue weighted by molar-refractivity contribution is 5.59. The highest BCUT2D eigenvalue weighted by atomic mass is 16.3. The summed E-state index contributed by atoms with van der Waals surface area (Å²) in [6.07, 6.45) is 5.21. The van der Waals surface area contributed by atoms with Crippen molar-refractivity contribution in [1.29, 1.82) is 0 Å². The maximum absolute atomic E-state index is 9.66. The van der Waals surface area contributed by atoms with Crippen molar-refractivity contribution in [2.24, 2.45) is 0 Å². The molecule has 0 spiro atoms. The number of nitrogens with one attached hydrogen (secondary N) is 1. The summed E-state index contributed by atoms with van der Waals surface area (Å²) >= 11 is 0. The van der Waals surface area contributed by atoms with E-state index in [4.69, 9.17) is 0 Å². The van der Waals surface area contributed by atoms with Gasteiger partial charge < -0.3 is 15.3 Å². The molecule has 1 aromatic carbocycles. The molecule has 0 unspecified atom stereocenters. The van der Waals surface area contributed by atoms with Crippen LogP contribution in [0.3, 0.4) is 0 Å². The maximum Gasteiger partial charge on any atom is 0.135 e. The first kappa shape index (κ1) is 15.7. The van der Waals surface area contributed by atoms with Crippen molar-refractivity contribution in [3.8, 4) is 0 Å². The standard InChI is InChI=1S/C18H24N4O/c1-13-4-3-5-14(10-13)21-17-11-18(20-12-19-17)22(2)15-6-8-16(23)9-7-15/h3-5,10-12,15-16,23H,6-9H2,1-2H3,(H,19,20,21). The fraction of sp³-hybridized carbons (Fsp3) is 0.444. The summed E-state index contributed by atoms with van der Waals surface area (Å²) in [7, 11) is 2.07. The topological polar surface area (TPSA) is 61.3 Å². The van der Waals surface area contributed by atoms with Gasteiger partial charge in [0.05, 0.1) is 6.10 Å². The van der Waals surface area contributed by atoms with E-state index in [2.05, 4.69) is 46.3 Å². The molecular weight excluding hydrogens is 288 g/mol. The minimum atomic E-state index is -0.136. The van der Waals surface area contributed by atoms with Gasteiger partial charge in [-0.1, -0.05) is 12.1 Å². The molecule has 2 aromatic rings. The van der Waals surface area contributed by atoms with E-state index in [1.54, 1.807) is 6.33 Å². The Morgan fingerprint density at radius 2 is 1.91 bits per heavy atom. The quantitative estimate of drug-likeness (QED) is 0.907. The van der Waals surface area contributed by atoms with Gasteiger partial charge in [-0.15, -0.1) is 0 Å². The Kier molecular flexibility index (Phi) is 4.76. The van der Waals surface area contributed by atoms with Crippen molar-refractivity contribution in [2.45, 2.75) is 44.8 Å². The molecule has 0 radical (unpaired) electrons. The molecule has 1 aromatic heterocycles. The lowest BCUT2D eigenvalue weighted by Crippen LogP contribution is -2.36. The first-order chi connectivity index (χ1) is 11.1. The maximum atomic E-state index is 9.66. The van der Waals surface area contributed by atoms with E-state index in [1.807, 2.05) is 18.2 Å². The molecule has 1 saturated carbocycles. The monoisotopic (exact) mass is 312 g/mol. The van der Waals surface area contributed by atoms with E-state index in [0.29, 0.717) is 6.04 Å². The second-order valence-corrected chi connectivity index (χ2v) is 6.33. The summed E-state index contributed by atoms with van der Waals surface area (Å²) in [6.45, 7) is 2.07. The van der Waals surface area contributed by atoms with Crippen LogP contribution in [-0.4, -0.2) is 34.3 Å². The number of rotatable bonds is 4. The number of nitrogens with zero attached hydrogens (tertiary/aromatic N) is 3. The Bertz CT molecular complexity index is 653. The van der Waals surface area contributed by atoms with Crippen molar-refractivity contribution in [3.63, 3.8) is 0 Å². The number of anilines is 3. The molecule has 0 aliphatic heterocycles. The van der Waals surface area contributed by atoms with E-state index in [-0.39, 0.29) is 6.10 Å². The Morgan fingerprint density at radius 1 is 1.13 bits per heavy atom. The van der Waals surface area contributed by atoms with Gasteiger partial charge in [-0.25, -0.2) is 9.97 Å². The van der Waals surface area contributed by atoms with Crippen LogP contribution in [0.25, 0.3) is 0 Å². The van der Waals surface area contributed by atoms with Crippen LogP contribution in [0.1, 0.15) is 31.2 Å². The summed E-state index contributed by atoms with van der Waals surface area (Å²) in [5.41, 5.74) is 2.24. The smallest absolute Gasteiger partial charge is 0.135 e. The number of aryl methyl sites for hydroxylation is 1. The molecule has 23 heavy (non-hydrogen) atoms. The van der Waals surface area contributed by atoms with Crippen LogP contribution < -0.4 is 10.2 Å². The van der Waals surface area contributed by atoms with Crippen molar-refractivity contribution < 1.29 is 5.11 Å². The first-order valence-electron chi connectivity index (χ1n) is 8.18. The lowest BCUT2D eigenvalue weighted by molar-refractivity contribution is 0.122. The van der Waals surface area contributed by atoms with Crippen LogP contribution in [0.15, 0.2) is 36.7 Å². The lowest BCUT2D eigenvalue weighted by Gasteiger charge is -2.33. The third kappa shape index (κ3) is 3.99. The van der Waals surface area contributed by atoms with Crippen LogP contribution in [0.4, 0.5) is 17.3 Å². The third-order valence-corrected chi connectivity index (χ3v) is 4.52. The molecule has 1 aliphatic rings. The molecule has 122 valence electrons. The van der Waals surface area contributed by atoms with Gasteiger partial charge in [0.15, 0.2) is 0 Å². The van der Waals surface area contributed by atoms with E-state index >= 15 is 0 Å². The average molecular weight is 312 g/mol. The molecule has 5 heteroatoms. The molecule has 1 aliphatic carbocycles. The average Bonchev–Trinajstić information content (AvgIpc) is 2.55. The van der Waals surface area contributed by atoms with Gasteiger partial charge in [0.25, 0.3) is 0 Å². The fourth-order valence-corrected chi connectivity index (χ4v) is 3.11. The zero-order valence-electron chi connectivity index (χ0n) is 13.7. The molecule has 0 bridgehead atoms. The van der Waals surface area contributed by atoms with Gasteiger partial charge in [-0.3, -0.25) is 0 Å². The number of aliphatic hydroxyl groups excluding tert-OH is 1. The molecular formula is C18H24N4O.